The largest absolute Gasteiger partial charge is 0.469 e. The molecule has 2 unspecified atom stereocenters. The van der Waals surface area contributed by atoms with Gasteiger partial charge in [-0.1, -0.05) is 0 Å². The molecule has 2 aromatic rings. The van der Waals surface area contributed by atoms with Crippen LogP contribution in [0.5, 0.6) is 0 Å². The maximum absolute atomic E-state index is 12.9. The van der Waals surface area contributed by atoms with E-state index in [2.05, 4.69) is 5.10 Å². The first-order valence-electron chi connectivity index (χ1n) is 9.96. The van der Waals surface area contributed by atoms with E-state index in [1.807, 2.05) is 61.5 Å². The Hall–Kier alpha value is -2.67. The predicted molar refractivity (Wildman–Crippen MR) is 109 cm³/mol. The summed E-state index contributed by atoms with van der Waals surface area (Å²) in [4.78, 5) is 26.2. The quantitative estimate of drug-likeness (QED) is 0.723. The highest BCUT2D eigenvalue weighted by Gasteiger charge is 2.28. The monoisotopic (exact) mass is 399 g/mol. The fraction of sp³-hybridized carbons (Fsp3) is 0.500. The maximum atomic E-state index is 12.9. The Morgan fingerprint density at radius 3 is 2.55 bits per heavy atom. The van der Waals surface area contributed by atoms with Crippen LogP contribution in [0.15, 0.2) is 24.3 Å². The minimum atomic E-state index is -0.230. The van der Waals surface area contributed by atoms with E-state index in [1.54, 1.807) is 0 Å². The molecular weight excluding hydrogens is 370 g/mol. The minimum absolute atomic E-state index is 0.0198. The first-order chi connectivity index (χ1) is 13.8. The van der Waals surface area contributed by atoms with Gasteiger partial charge in [-0.2, -0.15) is 5.10 Å². The Morgan fingerprint density at radius 1 is 1.21 bits per heavy atom. The number of esters is 1. The number of benzene rings is 1. The summed E-state index contributed by atoms with van der Waals surface area (Å²) < 4.78 is 12.2. The Bertz CT molecular complexity index is 888. The van der Waals surface area contributed by atoms with Crippen molar-refractivity contribution in [3.8, 4) is 5.69 Å². The van der Waals surface area contributed by atoms with Crippen LogP contribution in [0.1, 0.15) is 47.6 Å². The highest BCUT2D eigenvalue weighted by atomic mass is 16.5. The summed E-state index contributed by atoms with van der Waals surface area (Å²) in [6.07, 6.45) is 0.967. The number of nitrogens with zero attached hydrogens (tertiary/aromatic N) is 3. The van der Waals surface area contributed by atoms with Crippen LogP contribution in [-0.2, 0) is 20.7 Å². The van der Waals surface area contributed by atoms with Crippen molar-refractivity contribution < 1.29 is 19.1 Å². The Morgan fingerprint density at radius 2 is 1.90 bits per heavy atom. The van der Waals surface area contributed by atoms with Crippen LogP contribution in [0, 0.1) is 13.8 Å². The van der Waals surface area contributed by atoms with E-state index in [4.69, 9.17) is 9.47 Å². The van der Waals surface area contributed by atoms with Crippen LogP contribution in [-0.4, -0.2) is 59.0 Å². The topological polar surface area (TPSA) is 73.7 Å². The average Bonchev–Trinajstić information content (AvgIpc) is 3.01. The molecule has 0 saturated carbocycles. The zero-order valence-electron chi connectivity index (χ0n) is 17.8. The number of rotatable bonds is 5. The lowest BCUT2D eigenvalue weighted by Gasteiger charge is -2.36. The molecule has 1 aromatic carbocycles. The molecule has 156 valence electrons. The number of morpholine rings is 1. The zero-order valence-corrected chi connectivity index (χ0v) is 17.8. The van der Waals surface area contributed by atoms with Gasteiger partial charge in [0.15, 0.2) is 0 Å². The van der Waals surface area contributed by atoms with Crippen molar-refractivity contribution in [2.75, 3.05) is 20.3 Å². The zero-order chi connectivity index (χ0) is 21.1. The van der Waals surface area contributed by atoms with E-state index >= 15 is 0 Å². The third kappa shape index (κ3) is 4.50. The number of aromatic nitrogens is 2. The molecule has 1 amide bonds. The van der Waals surface area contributed by atoms with Gasteiger partial charge < -0.3 is 14.4 Å². The molecular formula is C22H29N3O4. The molecule has 1 aromatic heterocycles. The van der Waals surface area contributed by atoms with Crippen molar-refractivity contribution in [2.24, 2.45) is 0 Å². The summed E-state index contributed by atoms with van der Waals surface area (Å²) in [5.74, 6) is -0.211. The summed E-state index contributed by atoms with van der Waals surface area (Å²) in [6, 6.07) is 7.56. The number of carbonyl (C=O) groups excluding carboxylic acids is 2. The Labute approximate surface area is 171 Å². The molecule has 1 fully saturated rings. The molecule has 0 bridgehead atoms. The molecule has 2 heterocycles. The van der Waals surface area contributed by atoms with E-state index in [9.17, 15) is 9.59 Å². The number of aryl methyl sites for hydroxylation is 1. The predicted octanol–water partition coefficient (Wildman–Crippen LogP) is 2.84. The summed E-state index contributed by atoms with van der Waals surface area (Å²) >= 11 is 0. The van der Waals surface area contributed by atoms with Crippen LogP contribution in [0.4, 0.5) is 0 Å². The number of methoxy groups -OCH3 is 1. The van der Waals surface area contributed by atoms with Gasteiger partial charge in [0.05, 0.1) is 37.2 Å². The number of ether oxygens (including phenoxy) is 2. The lowest BCUT2D eigenvalue weighted by atomic mass is 10.1. The lowest BCUT2D eigenvalue weighted by molar-refractivity contribution is -0.140. The first-order valence-corrected chi connectivity index (χ1v) is 9.96. The number of hydrogen-bond acceptors (Lipinski definition) is 5. The molecule has 7 heteroatoms. The number of hydrogen-bond donors (Lipinski definition) is 0. The van der Waals surface area contributed by atoms with Crippen LogP contribution in [0.2, 0.25) is 0 Å². The van der Waals surface area contributed by atoms with Crippen molar-refractivity contribution in [3.63, 3.8) is 0 Å². The van der Waals surface area contributed by atoms with Gasteiger partial charge in [0, 0.05) is 24.2 Å². The molecule has 1 aliphatic rings. The maximum Gasteiger partial charge on any atom is 0.305 e. The van der Waals surface area contributed by atoms with Gasteiger partial charge >= 0.3 is 5.97 Å². The first kappa shape index (κ1) is 21.0. The van der Waals surface area contributed by atoms with Gasteiger partial charge in [-0.25, -0.2) is 4.68 Å². The molecule has 0 spiro atoms. The second-order valence-corrected chi connectivity index (χ2v) is 7.63. The number of amides is 1. The van der Waals surface area contributed by atoms with Crippen molar-refractivity contribution in [1.82, 2.24) is 14.7 Å². The summed E-state index contributed by atoms with van der Waals surface area (Å²) in [6.45, 7) is 9.07. The third-order valence-corrected chi connectivity index (χ3v) is 5.48. The van der Waals surface area contributed by atoms with E-state index in [0.717, 1.165) is 22.6 Å². The molecule has 7 nitrogen and oxygen atoms in total. The van der Waals surface area contributed by atoms with Crippen molar-refractivity contribution in [2.45, 2.75) is 52.7 Å². The molecule has 29 heavy (non-hydrogen) atoms. The van der Waals surface area contributed by atoms with Gasteiger partial charge in [-0.3, -0.25) is 9.59 Å². The summed E-state index contributed by atoms with van der Waals surface area (Å²) in [5, 5.41) is 4.62. The highest BCUT2D eigenvalue weighted by Crippen LogP contribution is 2.21. The Kier molecular flexibility index (Phi) is 6.37. The SMILES string of the molecule is COC(=O)CCc1c(C)nn(-c2ccc(C(=O)N3CC(C)OCC3C)cc2)c1C. The lowest BCUT2D eigenvalue weighted by Crippen LogP contribution is -2.50. The summed E-state index contributed by atoms with van der Waals surface area (Å²) in [5.41, 5.74) is 4.47. The molecule has 0 N–H and O–H groups in total. The third-order valence-electron chi connectivity index (χ3n) is 5.48. The van der Waals surface area contributed by atoms with Gasteiger partial charge in [0.1, 0.15) is 0 Å². The fourth-order valence-electron chi connectivity index (χ4n) is 3.71. The summed E-state index contributed by atoms with van der Waals surface area (Å²) in [7, 11) is 1.40. The second kappa shape index (κ2) is 8.78. The van der Waals surface area contributed by atoms with Gasteiger partial charge in [0.25, 0.3) is 5.91 Å². The fourth-order valence-corrected chi connectivity index (χ4v) is 3.71. The number of carbonyl (C=O) groups is 2. The van der Waals surface area contributed by atoms with E-state index < -0.39 is 0 Å². The van der Waals surface area contributed by atoms with E-state index in [0.29, 0.717) is 31.6 Å². The average molecular weight is 399 g/mol. The van der Waals surface area contributed by atoms with Crippen LogP contribution in [0.25, 0.3) is 5.69 Å². The minimum Gasteiger partial charge on any atom is -0.469 e. The van der Waals surface area contributed by atoms with E-state index in [-0.39, 0.29) is 24.0 Å². The van der Waals surface area contributed by atoms with Crippen LogP contribution in [0.3, 0.4) is 0 Å². The van der Waals surface area contributed by atoms with Crippen LogP contribution >= 0.6 is 0 Å². The van der Waals surface area contributed by atoms with Crippen molar-refractivity contribution >= 4 is 11.9 Å². The van der Waals surface area contributed by atoms with Crippen molar-refractivity contribution in [1.29, 1.82) is 0 Å². The molecule has 0 aliphatic carbocycles. The molecule has 2 atom stereocenters. The highest BCUT2D eigenvalue weighted by molar-refractivity contribution is 5.94. The van der Waals surface area contributed by atoms with Crippen LogP contribution < -0.4 is 0 Å². The van der Waals surface area contributed by atoms with E-state index in [1.165, 1.54) is 7.11 Å². The molecule has 3 rings (SSSR count). The smallest absolute Gasteiger partial charge is 0.305 e. The Balaban J connectivity index is 1.78. The van der Waals surface area contributed by atoms with Crippen molar-refractivity contribution in [3.05, 3.63) is 46.8 Å². The second-order valence-electron chi connectivity index (χ2n) is 7.63. The van der Waals surface area contributed by atoms with Gasteiger partial charge in [-0.05, 0) is 63.9 Å². The normalized spacial score (nSPS) is 19.3. The molecule has 0 radical (unpaired) electrons. The van der Waals surface area contributed by atoms with Gasteiger partial charge in [-0.15, -0.1) is 0 Å². The van der Waals surface area contributed by atoms with Gasteiger partial charge in [0.2, 0.25) is 0 Å². The standard InChI is InChI=1S/C22H29N3O4/c1-14-13-29-15(2)12-24(14)22(27)18-6-8-19(9-7-18)25-17(4)20(16(3)23-25)10-11-21(26)28-5/h6-9,14-15H,10-13H2,1-5H3. The molecule has 1 aliphatic heterocycles. The molecule has 1 saturated heterocycles.